The molecule has 0 amide bonds. The minimum Gasteiger partial charge on any atom is -0.423 e. The fraction of sp³-hybridized carbons (Fsp3) is 0.471. The van der Waals surface area contributed by atoms with Gasteiger partial charge in [-0.25, -0.2) is 4.79 Å². The van der Waals surface area contributed by atoms with E-state index in [2.05, 4.69) is 17.9 Å². The summed E-state index contributed by atoms with van der Waals surface area (Å²) in [7, 11) is 1.71. The van der Waals surface area contributed by atoms with E-state index in [1.54, 1.807) is 13.2 Å². The van der Waals surface area contributed by atoms with Gasteiger partial charge in [-0.2, -0.15) is 5.06 Å². The van der Waals surface area contributed by atoms with Crippen LogP contribution in [0.4, 0.5) is 0 Å². The molecule has 0 saturated carbocycles. The van der Waals surface area contributed by atoms with Crippen molar-refractivity contribution < 1.29 is 9.25 Å². The van der Waals surface area contributed by atoms with Crippen LogP contribution in [0.3, 0.4) is 0 Å². The summed E-state index contributed by atoms with van der Waals surface area (Å²) in [6, 6.07) is 5.70. The quantitative estimate of drug-likeness (QED) is 0.813. The largest absolute Gasteiger partial charge is 0.423 e. The number of fused-ring (bicyclic) bond motifs is 1. The minimum absolute atomic E-state index is 0.277. The van der Waals surface area contributed by atoms with E-state index in [1.165, 1.54) is 5.56 Å². The van der Waals surface area contributed by atoms with Crippen molar-refractivity contribution in [3.05, 3.63) is 45.3 Å². The molecule has 1 aromatic carbocycles. The Balaban J connectivity index is 1.90. The number of aryl methyl sites for hydroxylation is 2. The first-order valence-electron chi connectivity index (χ1n) is 7.62. The zero-order valence-electron chi connectivity index (χ0n) is 13.4. The Morgan fingerprint density at radius 3 is 2.45 bits per heavy atom. The first-order valence-corrected chi connectivity index (χ1v) is 7.62. The van der Waals surface area contributed by atoms with Crippen LogP contribution in [-0.2, 0) is 11.4 Å². The zero-order chi connectivity index (χ0) is 15.7. The van der Waals surface area contributed by atoms with E-state index in [9.17, 15) is 4.79 Å². The molecule has 22 heavy (non-hydrogen) atoms. The van der Waals surface area contributed by atoms with E-state index < -0.39 is 0 Å². The lowest BCUT2D eigenvalue weighted by molar-refractivity contribution is -0.152. The van der Waals surface area contributed by atoms with E-state index in [0.717, 1.165) is 49.2 Å². The third kappa shape index (κ3) is 3.06. The van der Waals surface area contributed by atoms with Gasteiger partial charge in [0.2, 0.25) is 0 Å². The minimum atomic E-state index is -0.277. The van der Waals surface area contributed by atoms with Gasteiger partial charge in [-0.1, -0.05) is 0 Å². The van der Waals surface area contributed by atoms with Gasteiger partial charge >= 0.3 is 5.63 Å². The van der Waals surface area contributed by atoms with Crippen molar-refractivity contribution in [2.24, 2.45) is 0 Å². The van der Waals surface area contributed by atoms with Crippen molar-refractivity contribution in [2.75, 3.05) is 33.3 Å². The molecule has 0 aliphatic carbocycles. The maximum absolute atomic E-state index is 11.8. The van der Waals surface area contributed by atoms with Gasteiger partial charge in [-0.15, -0.1) is 0 Å². The second-order valence-corrected chi connectivity index (χ2v) is 5.91. The average molecular weight is 302 g/mol. The fourth-order valence-corrected chi connectivity index (χ4v) is 2.92. The van der Waals surface area contributed by atoms with Crippen LogP contribution in [0.25, 0.3) is 11.0 Å². The SMILES string of the molecule is CON1CCN(Cc2cc(=O)oc3cc(C)c(C)cc23)CC1. The van der Waals surface area contributed by atoms with Gasteiger partial charge in [0.05, 0.1) is 7.11 Å². The van der Waals surface area contributed by atoms with Crippen LogP contribution >= 0.6 is 0 Å². The molecule has 0 atom stereocenters. The number of benzene rings is 1. The molecule has 3 rings (SSSR count). The van der Waals surface area contributed by atoms with Gasteiger partial charge in [0, 0.05) is 44.2 Å². The van der Waals surface area contributed by atoms with Crippen LogP contribution in [0.5, 0.6) is 0 Å². The van der Waals surface area contributed by atoms with Gasteiger partial charge in [0.25, 0.3) is 0 Å². The Morgan fingerprint density at radius 1 is 1.09 bits per heavy atom. The summed E-state index contributed by atoms with van der Waals surface area (Å²) in [5, 5.41) is 3.00. The molecule has 1 aromatic heterocycles. The molecule has 1 aliphatic rings. The summed E-state index contributed by atoms with van der Waals surface area (Å²) in [6.07, 6.45) is 0. The summed E-state index contributed by atoms with van der Waals surface area (Å²) in [4.78, 5) is 19.4. The third-order valence-corrected chi connectivity index (χ3v) is 4.43. The molecule has 1 saturated heterocycles. The van der Waals surface area contributed by atoms with Crippen LogP contribution in [0.15, 0.2) is 27.4 Å². The van der Waals surface area contributed by atoms with Crippen LogP contribution < -0.4 is 5.63 Å². The highest BCUT2D eigenvalue weighted by Crippen LogP contribution is 2.23. The normalized spacial score (nSPS) is 17.2. The van der Waals surface area contributed by atoms with Gasteiger partial charge in [0.1, 0.15) is 5.58 Å². The summed E-state index contributed by atoms with van der Waals surface area (Å²) < 4.78 is 5.36. The Bertz CT molecular complexity index is 730. The monoisotopic (exact) mass is 302 g/mol. The maximum atomic E-state index is 11.8. The molecule has 0 radical (unpaired) electrons. The van der Waals surface area contributed by atoms with Gasteiger partial charge in [-0.05, 0) is 42.7 Å². The predicted octanol–water partition coefficient (Wildman–Crippen LogP) is 2.09. The maximum Gasteiger partial charge on any atom is 0.336 e. The highest BCUT2D eigenvalue weighted by molar-refractivity contribution is 5.81. The Labute approximate surface area is 130 Å². The topological polar surface area (TPSA) is 45.9 Å². The van der Waals surface area contributed by atoms with Crippen molar-refractivity contribution in [1.29, 1.82) is 0 Å². The molecule has 0 unspecified atom stereocenters. The molecule has 1 fully saturated rings. The zero-order valence-corrected chi connectivity index (χ0v) is 13.4. The molecule has 1 aliphatic heterocycles. The first kappa shape index (κ1) is 15.2. The van der Waals surface area contributed by atoms with Crippen molar-refractivity contribution in [3.63, 3.8) is 0 Å². The summed E-state index contributed by atoms with van der Waals surface area (Å²) in [5.41, 5.74) is 3.80. The van der Waals surface area contributed by atoms with Crippen LogP contribution in [-0.4, -0.2) is 43.3 Å². The van der Waals surface area contributed by atoms with Crippen LogP contribution in [0.1, 0.15) is 16.7 Å². The number of hydrogen-bond acceptors (Lipinski definition) is 5. The van der Waals surface area contributed by atoms with E-state index in [4.69, 9.17) is 9.25 Å². The van der Waals surface area contributed by atoms with Crippen molar-refractivity contribution in [2.45, 2.75) is 20.4 Å². The van der Waals surface area contributed by atoms with E-state index in [-0.39, 0.29) is 5.63 Å². The summed E-state index contributed by atoms with van der Waals surface area (Å²) in [5.74, 6) is 0. The van der Waals surface area contributed by atoms with Gasteiger partial charge in [-0.3, -0.25) is 4.90 Å². The molecule has 0 N–H and O–H groups in total. The second kappa shape index (κ2) is 6.20. The molecule has 2 heterocycles. The van der Waals surface area contributed by atoms with Crippen molar-refractivity contribution in [3.8, 4) is 0 Å². The summed E-state index contributed by atoms with van der Waals surface area (Å²) in [6.45, 7) is 8.51. The molecule has 5 nitrogen and oxygen atoms in total. The molecule has 2 aromatic rings. The highest BCUT2D eigenvalue weighted by Gasteiger charge is 2.18. The summed E-state index contributed by atoms with van der Waals surface area (Å²) >= 11 is 0. The van der Waals surface area contributed by atoms with Crippen molar-refractivity contribution in [1.82, 2.24) is 9.96 Å². The predicted molar refractivity (Wildman–Crippen MR) is 85.8 cm³/mol. The van der Waals surface area contributed by atoms with E-state index >= 15 is 0 Å². The third-order valence-electron chi connectivity index (χ3n) is 4.43. The first-order chi connectivity index (χ1) is 10.6. The molecular formula is C17H22N2O3. The molecule has 5 heteroatoms. The number of nitrogens with zero attached hydrogens (tertiary/aromatic N) is 2. The molecular weight excluding hydrogens is 280 g/mol. The highest BCUT2D eigenvalue weighted by atomic mass is 16.7. The van der Waals surface area contributed by atoms with E-state index in [1.807, 2.05) is 18.1 Å². The lowest BCUT2D eigenvalue weighted by Gasteiger charge is -2.33. The Kier molecular flexibility index (Phi) is 4.29. The number of rotatable bonds is 3. The molecule has 118 valence electrons. The van der Waals surface area contributed by atoms with Crippen LogP contribution in [0, 0.1) is 13.8 Å². The van der Waals surface area contributed by atoms with Crippen LogP contribution in [0.2, 0.25) is 0 Å². The van der Waals surface area contributed by atoms with Gasteiger partial charge in [0.15, 0.2) is 0 Å². The number of piperazine rings is 1. The lowest BCUT2D eigenvalue weighted by atomic mass is 10.0. The lowest BCUT2D eigenvalue weighted by Crippen LogP contribution is -2.45. The Morgan fingerprint density at radius 2 is 1.77 bits per heavy atom. The smallest absolute Gasteiger partial charge is 0.336 e. The number of hydroxylamine groups is 2. The standard InChI is InChI=1S/C17H22N2O3/c1-12-8-15-14(10-17(20)22-16(15)9-13(12)2)11-18-4-6-19(21-3)7-5-18/h8-10H,4-7,11H2,1-3H3. The Hall–Kier alpha value is -1.69. The molecule has 0 bridgehead atoms. The average Bonchev–Trinajstić information content (AvgIpc) is 2.50. The second-order valence-electron chi connectivity index (χ2n) is 5.91. The van der Waals surface area contributed by atoms with Gasteiger partial charge < -0.3 is 9.25 Å². The fourth-order valence-electron chi connectivity index (χ4n) is 2.92. The van der Waals surface area contributed by atoms with E-state index in [0.29, 0.717) is 5.58 Å². The van der Waals surface area contributed by atoms with Crippen molar-refractivity contribution >= 4 is 11.0 Å². The number of hydrogen-bond donors (Lipinski definition) is 0. The molecule has 0 spiro atoms.